The van der Waals surface area contributed by atoms with Crippen molar-refractivity contribution in [3.05, 3.63) is 95.3 Å². The van der Waals surface area contributed by atoms with Crippen molar-refractivity contribution in [2.75, 3.05) is 19.6 Å². The fourth-order valence-corrected chi connectivity index (χ4v) is 5.17. The van der Waals surface area contributed by atoms with Gasteiger partial charge in [-0.3, -0.25) is 14.7 Å². The van der Waals surface area contributed by atoms with Crippen molar-refractivity contribution in [1.29, 1.82) is 0 Å². The fourth-order valence-electron chi connectivity index (χ4n) is 5.17. The van der Waals surface area contributed by atoms with Gasteiger partial charge in [-0.05, 0) is 65.8 Å². The first-order valence-corrected chi connectivity index (χ1v) is 13.3. The van der Waals surface area contributed by atoms with Gasteiger partial charge in [0.15, 0.2) is 0 Å². The van der Waals surface area contributed by atoms with Crippen LogP contribution in [0.4, 0.5) is 13.2 Å². The molecular formula is C31H36F3N3O2. The molecule has 1 saturated heterocycles. The van der Waals surface area contributed by atoms with Gasteiger partial charge in [-0.15, -0.1) is 0 Å². The molecular weight excluding hydrogens is 503 g/mol. The monoisotopic (exact) mass is 539 g/mol. The summed E-state index contributed by atoms with van der Waals surface area (Å²) in [4.78, 5) is 18.5. The lowest BCUT2D eigenvalue weighted by molar-refractivity contribution is -0.148. The third-order valence-corrected chi connectivity index (χ3v) is 7.02. The smallest absolute Gasteiger partial charge is 0.401 e. The van der Waals surface area contributed by atoms with E-state index in [1.807, 2.05) is 54.6 Å². The molecule has 1 N–H and O–H groups in total. The molecule has 0 spiro atoms. The molecule has 8 heteroatoms. The highest BCUT2D eigenvalue weighted by molar-refractivity contribution is 5.94. The Balaban J connectivity index is 1.37. The Hall–Kier alpha value is -3.39. The minimum Gasteiger partial charge on any atom is -0.487 e. The second-order valence-corrected chi connectivity index (χ2v) is 11.2. The number of hydrogen-bond acceptors (Lipinski definition) is 4. The third-order valence-electron chi connectivity index (χ3n) is 7.02. The van der Waals surface area contributed by atoms with Gasteiger partial charge in [0.1, 0.15) is 12.4 Å². The number of carbonyl (C=O) groups is 1. The quantitative estimate of drug-likeness (QED) is 0.351. The van der Waals surface area contributed by atoms with Crippen LogP contribution in [0.15, 0.2) is 72.9 Å². The molecule has 0 saturated carbocycles. The Bertz CT molecular complexity index is 1200. The molecule has 0 radical (unpaired) electrons. The largest absolute Gasteiger partial charge is 0.487 e. The maximum atomic E-state index is 12.8. The summed E-state index contributed by atoms with van der Waals surface area (Å²) >= 11 is 0. The molecule has 1 aliphatic heterocycles. The molecule has 2 aromatic carbocycles. The Labute approximate surface area is 228 Å². The summed E-state index contributed by atoms with van der Waals surface area (Å²) in [7, 11) is 0. The van der Waals surface area contributed by atoms with Crippen LogP contribution in [0.5, 0.6) is 5.75 Å². The zero-order chi connectivity index (χ0) is 28.0. The van der Waals surface area contributed by atoms with Crippen LogP contribution in [0.25, 0.3) is 0 Å². The van der Waals surface area contributed by atoms with Gasteiger partial charge in [0.05, 0.1) is 12.2 Å². The van der Waals surface area contributed by atoms with E-state index in [-0.39, 0.29) is 23.3 Å². The van der Waals surface area contributed by atoms with Crippen molar-refractivity contribution in [3.63, 3.8) is 0 Å². The third kappa shape index (κ3) is 8.30. The van der Waals surface area contributed by atoms with E-state index >= 15 is 0 Å². The van der Waals surface area contributed by atoms with Gasteiger partial charge >= 0.3 is 6.18 Å². The molecule has 0 bridgehead atoms. The first-order valence-electron chi connectivity index (χ1n) is 13.3. The number of amides is 1. The van der Waals surface area contributed by atoms with Crippen LogP contribution in [0.3, 0.4) is 0 Å². The molecule has 5 nitrogen and oxygen atoms in total. The summed E-state index contributed by atoms with van der Waals surface area (Å²) in [5, 5.41) is 2.99. The molecule has 208 valence electrons. The number of nitrogens with one attached hydrogen (secondary N) is 1. The van der Waals surface area contributed by atoms with Crippen molar-refractivity contribution in [1.82, 2.24) is 15.2 Å². The highest BCUT2D eigenvalue weighted by Gasteiger charge is 2.33. The maximum absolute atomic E-state index is 12.8. The summed E-state index contributed by atoms with van der Waals surface area (Å²) in [6.07, 6.45) is -1.43. The molecule has 39 heavy (non-hydrogen) atoms. The van der Waals surface area contributed by atoms with Gasteiger partial charge in [0.25, 0.3) is 5.91 Å². The fraction of sp³-hybridized carbons (Fsp3) is 0.419. The number of alkyl halides is 3. The van der Waals surface area contributed by atoms with Crippen LogP contribution < -0.4 is 10.1 Å². The van der Waals surface area contributed by atoms with Crippen LogP contribution >= 0.6 is 0 Å². The second-order valence-electron chi connectivity index (χ2n) is 11.2. The van der Waals surface area contributed by atoms with Gasteiger partial charge in [-0.25, -0.2) is 0 Å². The number of rotatable bonds is 8. The van der Waals surface area contributed by atoms with Crippen LogP contribution in [0.2, 0.25) is 0 Å². The van der Waals surface area contributed by atoms with Gasteiger partial charge in [-0.2, -0.15) is 13.2 Å². The molecule has 1 atom stereocenters. The predicted molar refractivity (Wildman–Crippen MR) is 146 cm³/mol. The van der Waals surface area contributed by atoms with Crippen LogP contribution in [0.1, 0.15) is 66.7 Å². The highest BCUT2D eigenvalue weighted by Crippen LogP contribution is 2.41. The van der Waals surface area contributed by atoms with E-state index in [1.54, 1.807) is 6.20 Å². The SMILES string of the molecule is CC(C)(C)C(c1ccc(OCc2ccccn2)cc1)c1ccc(C(=O)NC2CCN(CC(F)(F)F)CC2)cc1. The minimum absolute atomic E-state index is 0.0789. The van der Waals surface area contributed by atoms with Crippen molar-refractivity contribution in [2.24, 2.45) is 5.41 Å². The van der Waals surface area contributed by atoms with Crippen LogP contribution in [-0.2, 0) is 6.61 Å². The van der Waals surface area contributed by atoms with Crippen molar-refractivity contribution < 1.29 is 22.7 Å². The summed E-state index contributed by atoms with van der Waals surface area (Å²) in [6.45, 7) is 6.72. The topological polar surface area (TPSA) is 54.5 Å². The lowest BCUT2D eigenvalue weighted by Crippen LogP contribution is -2.47. The Morgan fingerprint density at radius 1 is 0.974 bits per heavy atom. The summed E-state index contributed by atoms with van der Waals surface area (Å²) < 4.78 is 43.8. The van der Waals surface area contributed by atoms with Crippen LogP contribution in [-0.4, -0.2) is 47.6 Å². The Morgan fingerprint density at radius 2 is 1.59 bits per heavy atom. The van der Waals surface area contributed by atoms with E-state index < -0.39 is 12.7 Å². The number of halogens is 3. The van der Waals surface area contributed by atoms with E-state index in [2.05, 4.69) is 43.2 Å². The Morgan fingerprint density at radius 3 is 2.13 bits per heavy atom. The number of carbonyl (C=O) groups excluding carboxylic acids is 1. The number of piperidine rings is 1. The van der Waals surface area contributed by atoms with Gasteiger partial charge in [-0.1, -0.05) is 51.1 Å². The first-order chi connectivity index (χ1) is 18.5. The molecule has 1 unspecified atom stereocenters. The molecule has 1 aromatic heterocycles. The molecule has 1 amide bonds. The standard InChI is InChI=1S/C31H36F3N3O2/c1-30(2,3)28(23-11-13-27(14-12-23)39-20-26-6-4-5-17-35-26)22-7-9-24(10-8-22)29(38)36-25-15-18-37(19-16-25)21-31(32,33)34/h4-14,17,25,28H,15-16,18-21H2,1-3H3,(H,36,38). The summed E-state index contributed by atoms with van der Waals surface area (Å²) in [5.41, 5.74) is 3.58. The lowest BCUT2D eigenvalue weighted by Gasteiger charge is -2.33. The van der Waals surface area contributed by atoms with E-state index in [4.69, 9.17) is 4.74 Å². The normalized spacial score (nSPS) is 16.1. The van der Waals surface area contributed by atoms with Crippen LogP contribution in [0, 0.1) is 5.41 Å². The molecule has 1 aliphatic rings. The van der Waals surface area contributed by atoms with Crippen molar-refractivity contribution in [3.8, 4) is 5.75 Å². The predicted octanol–water partition coefficient (Wildman–Crippen LogP) is 6.60. The van der Waals surface area contributed by atoms with Gasteiger partial charge < -0.3 is 10.1 Å². The van der Waals surface area contributed by atoms with Crippen molar-refractivity contribution in [2.45, 2.75) is 58.4 Å². The summed E-state index contributed by atoms with van der Waals surface area (Å²) in [5.74, 6) is 0.670. The zero-order valence-electron chi connectivity index (χ0n) is 22.7. The number of hydrogen-bond donors (Lipinski definition) is 1. The average molecular weight is 540 g/mol. The van der Waals surface area contributed by atoms with E-state index in [9.17, 15) is 18.0 Å². The number of nitrogens with zero attached hydrogens (tertiary/aromatic N) is 2. The van der Waals surface area contributed by atoms with Gasteiger partial charge in [0.2, 0.25) is 0 Å². The molecule has 3 aromatic rings. The minimum atomic E-state index is -4.20. The number of ether oxygens (including phenoxy) is 1. The lowest BCUT2D eigenvalue weighted by atomic mass is 9.72. The van der Waals surface area contributed by atoms with E-state index in [1.165, 1.54) is 4.90 Å². The zero-order valence-corrected chi connectivity index (χ0v) is 22.7. The number of benzene rings is 2. The summed E-state index contributed by atoms with van der Waals surface area (Å²) in [6, 6.07) is 21.3. The Kier molecular flexibility index (Phi) is 8.95. The molecule has 1 fully saturated rings. The molecule has 2 heterocycles. The van der Waals surface area contributed by atoms with E-state index in [0.717, 1.165) is 22.6 Å². The number of aromatic nitrogens is 1. The van der Waals surface area contributed by atoms with Gasteiger partial charge in [0, 0.05) is 36.8 Å². The number of pyridine rings is 1. The number of likely N-dealkylation sites (tertiary alicyclic amines) is 1. The first kappa shape index (κ1) is 28.6. The maximum Gasteiger partial charge on any atom is 0.401 e. The van der Waals surface area contributed by atoms with Crippen molar-refractivity contribution >= 4 is 5.91 Å². The molecule has 4 rings (SSSR count). The van der Waals surface area contributed by atoms with E-state index in [0.29, 0.717) is 38.1 Å². The second kappa shape index (κ2) is 12.2. The average Bonchev–Trinajstić information content (AvgIpc) is 2.89. The molecule has 0 aliphatic carbocycles. The highest BCUT2D eigenvalue weighted by atomic mass is 19.4.